The lowest BCUT2D eigenvalue weighted by Crippen LogP contribution is -2.34. The number of pyridine rings is 1. The van der Waals surface area contributed by atoms with Crippen LogP contribution in [0.3, 0.4) is 0 Å². The van der Waals surface area contributed by atoms with E-state index in [-0.39, 0.29) is 5.56 Å². The average molecular weight is 235 g/mol. The summed E-state index contributed by atoms with van der Waals surface area (Å²) in [6, 6.07) is 1.10. The highest BCUT2D eigenvalue weighted by Crippen LogP contribution is 2.23. The fourth-order valence-corrected chi connectivity index (χ4v) is 1.15. The van der Waals surface area contributed by atoms with Crippen LogP contribution in [0, 0.1) is 5.82 Å². The molecule has 5 nitrogen and oxygen atoms in total. The summed E-state index contributed by atoms with van der Waals surface area (Å²) in [5.74, 6) is -2.15. The van der Waals surface area contributed by atoms with Crippen LogP contribution in [0.15, 0.2) is 12.3 Å². The Morgan fingerprint density at radius 1 is 1.60 bits per heavy atom. The molecule has 0 fully saturated rings. The van der Waals surface area contributed by atoms with Gasteiger partial charge >= 0.3 is 0 Å². The Hall–Kier alpha value is -1.24. The molecule has 4 N–H and O–H groups in total. The van der Waals surface area contributed by atoms with Crippen molar-refractivity contribution in [1.29, 1.82) is 0 Å². The number of nitrogens with two attached hydrogens (primary N) is 1. The Kier molecular flexibility index (Phi) is 3.57. The maximum absolute atomic E-state index is 13.3. The number of halogens is 2. The van der Waals surface area contributed by atoms with Crippen LogP contribution < -0.4 is 5.73 Å². The van der Waals surface area contributed by atoms with Crippen molar-refractivity contribution in [2.75, 3.05) is 0 Å². The lowest BCUT2D eigenvalue weighted by molar-refractivity contribution is -0.132. The zero-order valence-electron chi connectivity index (χ0n) is 7.39. The summed E-state index contributed by atoms with van der Waals surface area (Å²) in [5.41, 5.74) is 4.41. The van der Waals surface area contributed by atoms with E-state index in [1.54, 1.807) is 0 Å². The average Bonchev–Trinajstić information content (AvgIpc) is 2.20. The number of aromatic nitrogens is 1. The van der Waals surface area contributed by atoms with E-state index in [1.807, 2.05) is 0 Å². The minimum Gasteiger partial charge on any atom is -0.385 e. The molecule has 0 spiro atoms. The van der Waals surface area contributed by atoms with Gasteiger partial charge in [0.25, 0.3) is 0 Å². The maximum atomic E-state index is 13.3. The fourth-order valence-electron chi connectivity index (χ4n) is 0.986. The van der Waals surface area contributed by atoms with Crippen molar-refractivity contribution in [3.05, 3.63) is 28.8 Å². The quantitative estimate of drug-likeness (QED) is 0.629. The summed E-state index contributed by atoms with van der Waals surface area (Å²) < 4.78 is 13.3. The van der Waals surface area contributed by atoms with Gasteiger partial charge in [-0.05, 0) is 6.07 Å². The fraction of sp³-hybridized carbons (Fsp3) is 0.250. The molecule has 0 saturated heterocycles. The van der Waals surface area contributed by atoms with Crippen LogP contribution in [-0.4, -0.2) is 27.2 Å². The predicted octanol–water partition coefficient (Wildman–Crippen LogP) is -0.246. The van der Waals surface area contributed by atoms with Crippen molar-refractivity contribution >= 4 is 17.5 Å². The lowest BCUT2D eigenvalue weighted by atomic mass is 10.1. The van der Waals surface area contributed by atoms with Gasteiger partial charge in [0.2, 0.25) is 5.91 Å². The number of aliphatic hydroxyl groups is 2. The first-order valence-corrected chi connectivity index (χ1v) is 4.28. The molecule has 0 saturated carbocycles. The van der Waals surface area contributed by atoms with Crippen LogP contribution in [0.5, 0.6) is 0 Å². The highest BCUT2D eigenvalue weighted by Gasteiger charge is 2.26. The van der Waals surface area contributed by atoms with Crippen molar-refractivity contribution < 1.29 is 19.4 Å². The topological polar surface area (TPSA) is 96.4 Å². The molecule has 1 rings (SSSR count). The standard InChI is InChI=1S/C8H8ClFN2O3/c9-7-4(10)3(1-2-12-7)5(13)6(14)8(11)15/h1-2,5-6,13-14H,(H2,11,15). The first-order chi connectivity index (χ1) is 6.95. The molecule has 2 atom stereocenters. The molecule has 1 aromatic rings. The van der Waals surface area contributed by atoms with Gasteiger partial charge in [0, 0.05) is 11.8 Å². The molecular weight excluding hydrogens is 227 g/mol. The second-order valence-electron chi connectivity index (χ2n) is 2.80. The van der Waals surface area contributed by atoms with Gasteiger partial charge < -0.3 is 15.9 Å². The number of carbonyl (C=O) groups is 1. The molecule has 15 heavy (non-hydrogen) atoms. The van der Waals surface area contributed by atoms with E-state index in [9.17, 15) is 14.3 Å². The number of amides is 1. The smallest absolute Gasteiger partial charge is 0.249 e. The van der Waals surface area contributed by atoms with Gasteiger partial charge in [0.1, 0.15) is 6.10 Å². The third kappa shape index (κ3) is 2.41. The number of aliphatic hydroxyl groups excluding tert-OH is 2. The van der Waals surface area contributed by atoms with Crippen LogP contribution in [-0.2, 0) is 4.79 Å². The summed E-state index contributed by atoms with van der Waals surface area (Å²) in [5, 5.41) is 18.0. The number of primary amides is 1. The highest BCUT2D eigenvalue weighted by molar-refractivity contribution is 6.29. The summed E-state index contributed by atoms with van der Waals surface area (Å²) in [6.45, 7) is 0. The normalized spacial score (nSPS) is 14.7. The highest BCUT2D eigenvalue weighted by atomic mass is 35.5. The van der Waals surface area contributed by atoms with Crippen LogP contribution in [0.1, 0.15) is 11.7 Å². The van der Waals surface area contributed by atoms with E-state index >= 15 is 0 Å². The van der Waals surface area contributed by atoms with Crippen molar-refractivity contribution in [1.82, 2.24) is 4.98 Å². The predicted molar refractivity (Wildman–Crippen MR) is 49.4 cm³/mol. The number of hydrogen-bond acceptors (Lipinski definition) is 4. The Bertz CT molecular complexity index is 388. The van der Waals surface area contributed by atoms with Gasteiger partial charge in [-0.3, -0.25) is 4.79 Å². The third-order valence-electron chi connectivity index (χ3n) is 1.79. The SMILES string of the molecule is NC(=O)C(O)C(O)c1ccnc(Cl)c1F. The lowest BCUT2D eigenvalue weighted by Gasteiger charge is -2.15. The molecule has 0 aromatic carbocycles. The van der Waals surface area contributed by atoms with Crippen molar-refractivity contribution in [2.45, 2.75) is 12.2 Å². The molecule has 1 aromatic heterocycles. The molecule has 0 aliphatic heterocycles. The maximum Gasteiger partial charge on any atom is 0.249 e. The van der Waals surface area contributed by atoms with Gasteiger partial charge in [0.05, 0.1) is 0 Å². The second-order valence-corrected chi connectivity index (χ2v) is 3.16. The summed E-state index contributed by atoms with van der Waals surface area (Å²) >= 11 is 5.35. The first-order valence-electron chi connectivity index (χ1n) is 3.90. The first kappa shape index (κ1) is 11.8. The van der Waals surface area contributed by atoms with E-state index in [0.29, 0.717) is 0 Å². The van der Waals surface area contributed by atoms with Gasteiger partial charge in [-0.1, -0.05) is 11.6 Å². The number of rotatable bonds is 3. The molecule has 7 heteroatoms. The molecule has 0 bridgehead atoms. The van der Waals surface area contributed by atoms with Gasteiger partial charge in [-0.15, -0.1) is 0 Å². The van der Waals surface area contributed by atoms with Crippen molar-refractivity contribution in [3.8, 4) is 0 Å². The summed E-state index contributed by atoms with van der Waals surface area (Å²) in [6.07, 6.45) is -2.52. The molecule has 1 amide bonds. The van der Waals surface area contributed by atoms with Gasteiger partial charge in [0.15, 0.2) is 17.1 Å². The molecule has 1 heterocycles. The Balaban J connectivity index is 3.06. The zero-order valence-corrected chi connectivity index (χ0v) is 8.15. The number of carbonyl (C=O) groups excluding carboxylic acids is 1. The van der Waals surface area contributed by atoms with E-state index in [4.69, 9.17) is 22.4 Å². The molecule has 0 radical (unpaired) electrons. The monoisotopic (exact) mass is 234 g/mol. The van der Waals surface area contributed by atoms with Crippen LogP contribution in [0.2, 0.25) is 5.15 Å². The molecule has 82 valence electrons. The zero-order chi connectivity index (χ0) is 11.6. The molecule has 2 unspecified atom stereocenters. The molecular formula is C8H8ClFN2O3. The number of hydrogen-bond donors (Lipinski definition) is 3. The summed E-state index contributed by atoms with van der Waals surface area (Å²) in [4.78, 5) is 14.0. The van der Waals surface area contributed by atoms with E-state index < -0.39 is 29.1 Å². The third-order valence-corrected chi connectivity index (χ3v) is 2.05. The second kappa shape index (κ2) is 4.52. The van der Waals surface area contributed by atoms with Crippen LogP contribution >= 0.6 is 11.6 Å². The Morgan fingerprint density at radius 3 is 2.73 bits per heavy atom. The Labute approximate surface area is 89.3 Å². The summed E-state index contributed by atoms with van der Waals surface area (Å²) in [7, 11) is 0. The molecule has 0 aliphatic rings. The van der Waals surface area contributed by atoms with E-state index in [2.05, 4.69) is 4.98 Å². The van der Waals surface area contributed by atoms with Crippen LogP contribution in [0.4, 0.5) is 4.39 Å². The van der Waals surface area contributed by atoms with Gasteiger partial charge in [-0.25, -0.2) is 9.37 Å². The van der Waals surface area contributed by atoms with Gasteiger partial charge in [-0.2, -0.15) is 0 Å². The van der Waals surface area contributed by atoms with E-state index in [0.717, 1.165) is 12.3 Å². The minimum absolute atomic E-state index is 0.332. The minimum atomic E-state index is -1.89. The number of nitrogens with zero attached hydrogens (tertiary/aromatic N) is 1. The van der Waals surface area contributed by atoms with E-state index in [1.165, 1.54) is 0 Å². The Morgan fingerprint density at radius 2 is 2.20 bits per heavy atom. The van der Waals surface area contributed by atoms with Crippen LogP contribution in [0.25, 0.3) is 0 Å². The molecule has 0 aliphatic carbocycles. The van der Waals surface area contributed by atoms with Crippen molar-refractivity contribution in [3.63, 3.8) is 0 Å². The van der Waals surface area contributed by atoms with Crippen molar-refractivity contribution in [2.24, 2.45) is 5.73 Å². The largest absolute Gasteiger partial charge is 0.385 e.